The molecule has 0 fully saturated rings. The molecule has 76 valence electrons. The summed E-state index contributed by atoms with van der Waals surface area (Å²) in [7, 11) is 1.27. The molecule has 4 heteroatoms. The molecule has 0 radical (unpaired) electrons. The van der Waals surface area contributed by atoms with Crippen LogP contribution in [0, 0.1) is 11.6 Å². The third kappa shape index (κ3) is 2.07. The van der Waals surface area contributed by atoms with Crippen LogP contribution < -0.4 is 4.74 Å². The summed E-state index contributed by atoms with van der Waals surface area (Å²) in [4.78, 5) is 10.1. The van der Waals surface area contributed by atoms with Gasteiger partial charge in [-0.15, -0.1) is 0 Å². The maximum Gasteiger partial charge on any atom is 0.200 e. The molecular weight excluding hydrogens is 190 g/mol. The fourth-order valence-corrected chi connectivity index (χ4v) is 1.20. The maximum atomic E-state index is 13.1. The molecule has 0 saturated heterocycles. The molecule has 0 bridgehead atoms. The molecule has 0 atom stereocenters. The average molecular weight is 200 g/mol. The van der Waals surface area contributed by atoms with Crippen molar-refractivity contribution in [2.45, 2.75) is 12.8 Å². The van der Waals surface area contributed by atoms with E-state index in [0.717, 1.165) is 12.4 Å². The van der Waals surface area contributed by atoms with E-state index >= 15 is 0 Å². The van der Waals surface area contributed by atoms with Gasteiger partial charge in [0, 0.05) is 6.42 Å². The Bertz CT molecular complexity index is 337. The van der Waals surface area contributed by atoms with Gasteiger partial charge in [-0.2, -0.15) is 4.39 Å². The van der Waals surface area contributed by atoms with Gasteiger partial charge in [0.1, 0.15) is 6.29 Å². The Balaban J connectivity index is 3.03. The molecule has 0 amide bonds. The molecule has 0 saturated carbocycles. The largest absolute Gasteiger partial charge is 0.493 e. The van der Waals surface area contributed by atoms with Crippen molar-refractivity contribution in [3.05, 3.63) is 29.3 Å². The lowest BCUT2D eigenvalue weighted by Gasteiger charge is -2.08. The average Bonchev–Trinajstić information content (AvgIpc) is 2.20. The Kier molecular flexibility index (Phi) is 3.56. The van der Waals surface area contributed by atoms with Gasteiger partial charge >= 0.3 is 0 Å². The Hall–Kier alpha value is -1.45. The normalized spacial score (nSPS) is 9.93. The van der Waals surface area contributed by atoms with Gasteiger partial charge < -0.3 is 9.53 Å². The van der Waals surface area contributed by atoms with E-state index in [9.17, 15) is 13.6 Å². The number of rotatable bonds is 4. The fraction of sp³-hybridized carbons (Fsp3) is 0.300. The van der Waals surface area contributed by atoms with E-state index < -0.39 is 11.6 Å². The minimum Gasteiger partial charge on any atom is -0.493 e. The molecule has 1 aromatic carbocycles. The number of aldehydes is 1. The fourth-order valence-electron chi connectivity index (χ4n) is 1.20. The number of halogens is 2. The van der Waals surface area contributed by atoms with Crippen LogP contribution in [-0.4, -0.2) is 13.4 Å². The lowest BCUT2D eigenvalue weighted by atomic mass is 10.1. The lowest BCUT2D eigenvalue weighted by Crippen LogP contribution is -1.98. The number of hydrogen-bond donors (Lipinski definition) is 0. The highest BCUT2D eigenvalue weighted by Gasteiger charge is 2.13. The van der Waals surface area contributed by atoms with E-state index in [2.05, 4.69) is 0 Å². The molecular formula is C10H10F2O2. The first-order valence-electron chi connectivity index (χ1n) is 4.15. The van der Waals surface area contributed by atoms with Crippen molar-refractivity contribution in [2.24, 2.45) is 0 Å². The molecule has 14 heavy (non-hydrogen) atoms. The number of aryl methyl sites for hydroxylation is 1. The summed E-state index contributed by atoms with van der Waals surface area (Å²) in [6.45, 7) is 0. The summed E-state index contributed by atoms with van der Waals surface area (Å²) >= 11 is 0. The summed E-state index contributed by atoms with van der Waals surface area (Å²) in [5.41, 5.74) is 0.499. The Morgan fingerprint density at radius 1 is 1.43 bits per heavy atom. The first-order valence-corrected chi connectivity index (χ1v) is 4.15. The second-order valence-electron chi connectivity index (χ2n) is 2.76. The van der Waals surface area contributed by atoms with Crippen LogP contribution in [0.3, 0.4) is 0 Å². The molecule has 0 heterocycles. The van der Waals surface area contributed by atoms with Crippen molar-refractivity contribution in [3.63, 3.8) is 0 Å². The first-order chi connectivity index (χ1) is 6.70. The van der Waals surface area contributed by atoms with E-state index in [-0.39, 0.29) is 12.2 Å². The standard InChI is InChI=1S/C10H10F2O2/c1-14-10-7(3-2-6-13)4-5-8(11)9(10)12/h4-6H,2-3H2,1H3. The molecule has 0 aliphatic carbocycles. The molecule has 0 unspecified atom stereocenters. The molecule has 1 rings (SSSR count). The van der Waals surface area contributed by atoms with Gasteiger partial charge in [-0.3, -0.25) is 0 Å². The molecule has 1 aromatic rings. The summed E-state index contributed by atoms with van der Waals surface area (Å²) < 4.78 is 30.6. The topological polar surface area (TPSA) is 26.3 Å². The number of ether oxygens (including phenoxy) is 1. The van der Waals surface area contributed by atoms with Gasteiger partial charge in [0.05, 0.1) is 7.11 Å². The second-order valence-corrected chi connectivity index (χ2v) is 2.76. The number of benzene rings is 1. The Morgan fingerprint density at radius 2 is 2.14 bits per heavy atom. The van der Waals surface area contributed by atoms with E-state index in [0.29, 0.717) is 12.0 Å². The summed E-state index contributed by atoms with van der Waals surface area (Å²) in [6.07, 6.45) is 1.34. The van der Waals surface area contributed by atoms with Crippen LogP contribution in [0.15, 0.2) is 12.1 Å². The zero-order valence-corrected chi connectivity index (χ0v) is 7.72. The quantitative estimate of drug-likeness (QED) is 0.696. The summed E-state index contributed by atoms with van der Waals surface area (Å²) in [6, 6.07) is 2.44. The smallest absolute Gasteiger partial charge is 0.200 e. The molecule has 2 nitrogen and oxygen atoms in total. The predicted octanol–water partition coefficient (Wildman–Crippen LogP) is 2.10. The van der Waals surface area contributed by atoms with Crippen molar-refractivity contribution in [2.75, 3.05) is 7.11 Å². The lowest BCUT2D eigenvalue weighted by molar-refractivity contribution is -0.107. The third-order valence-corrected chi connectivity index (χ3v) is 1.87. The highest BCUT2D eigenvalue weighted by atomic mass is 19.2. The van der Waals surface area contributed by atoms with Crippen molar-refractivity contribution >= 4 is 6.29 Å². The number of carbonyl (C=O) groups excluding carboxylic acids is 1. The molecule has 0 aliphatic heterocycles. The van der Waals surface area contributed by atoms with Gasteiger partial charge in [0.2, 0.25) is 5.82 Å². The number of hydrogen-bond acceptors (Lipinski definition) is 2. The Morgan fingerprint density at radius 3 is 2.71 bits per heavy atom. The van der Waals surface area contributed by atoms with Crippen molar-refractivity contribution in [1.29, 1.82) is 0 Å². The maximum absolute atomic E-state index is 13.1. The van der Waals surface area contributed by atoms with Gasteiger partial charge in [-0.25, -0.2) is 4.39 Å². The van der Waals surface area contributed by atoms with Crippen LogP contribution >= 0.6 is 0 Å². The SMILES string of the molecule is COc1c(CCC=O)ccc(F)c1F. The molecule has 0 aromatic heterocycles. The van der Waals surface area contributed by atoms with Gasteiger partial charge in [0.25, 0.3) is 0 Å². The highest BCUT2D eigenvalue weighted by molar-refractivity contribution is 5.51. The predicted molar refractivity (Wildman–Crippen MR) is 47.3 cm³/mol. The Labute approximate surface area is 80.5 Å². The minimum absolute atomic E-state index is 0.119. The van der Waals surface area contributed by atoms with Gasteiger partial charge in [-0.1, -0.05) is 6.07 Å². The van der Waals surface area contributed by atoms with Crippen molar-refractivity contribution in [3.8, 4) is 5.75 Å². The van der Waals surface area contributed by atoms with Gasteiger partial charge in [-0.05, 0) is 18.1 Å². The number of carbonyl (C=O) groups is 1. The van der Waals surface area contributed by atoms with E-state index in [1.165, 1.54) is 13.2 Å². The van der Waals surface area contributed by atoms with Crippen molar-refractivity contribution in [1.82, 2.24) is 0 Å². The number of methoxy groups -OCH3 is 1. The summed E-state index contributed by atoms with van der Waals surface area (Å²) in [5.74, 6) is -2.07. The molecule has 0 N–H and O–H groups in total. The van der Waals surface area contributed by atoms with E-state index in [1.54, 1.807) is 0 Å². The highest BCUT2D eigenvalue weighted by Crippen LogP contribution is 2.25. The van der Waals surface area contributed by atoms with Crippen LogP contribution in [0.5, 0.6) is 5.75 Å². The second kappa shape index (κ2) is 4.69. The third-order valence-electron chi connectivity index (χ3n) is 1.87. The zero-order valence-electron chi connectivity index (χ0n) is 7.72. The van der Waals surface area contributed by atoms with Crippen LogP contribution in [-0.2, 0) is 11.2 Å². The monoisotopic (exact) mass is 200 g/mol. The summed E-state index contributed by atoms with van der Waals surface area (Å²) in [5, 5.41) is 0. The van der Waals surface area contributed by atoms with Crippen LogP contribution in [0.1, 0.15) is 12.0 Å². The van der Waals surface area contributed by atoms with Crippen LogP contribution in [0.2, 0.25) is 0 Å². The first kappa shape index (κ1) is 10.6. The van der Waals surface area contributed by atoms with Crippen molar-refractivity contribution < 1.29 is 18.3 Å². The molecule has 0 spiro atoms. The van der Waals surface area contributed by atoms with E-state index in [4.69, 9.17) is 4.74 Å². The van der Waals surface area contributed by atoms with Crippen LogP contribution in [0.4, 0.5) is 8.78 Å². The minimum atomic E-state index is -1.00. The van der Waals surface area contributed by atoms with Gasteiger partial charge in [0.15, 0.2) is 11.6 Å². The van der Waals surface area contributed by atoms with Crippen LogP contribution in [0.25, 0.3) is 0 Å². The van der Waals surface area contributed by atoms with E-state index in [1.807, 2.05) is 0 Å². The molecule has 0 aliphatic rings. The zero-order chi connectivity index (χ0) is 10.6.